The number of aryl methyl sites for hydroxylation is 1. The molecule has 0 amide bonds. The molecule has 8 nitrogen and oxygen atoms in total. The van der Waals surface area contributed by atoms with Gasteiger partial charge in [-0.05, 0) is 57.0 Å². The monoisotopic (exact) mass is 461 g/mol. The van der Waals surface area contributed by atoms with Gasteiger partial charge in [-0.15, -0.1) is 0 Å². The van der Waals surface area contributed by atoms with Gasteiger partial charge in [0.25, 0.3) is 0 Å². The summed E-state index contributed by atoms with van der Waals surface area (Å²) in [5, 5.41) is 0. The maximum absolute atomic E-state index is 13.0. The van der Waals surface area contributed by atoms with E-state index in [-0.39, 0.29) is 23.0 Å². The quantitative estimate of drug-likeness (QED) is 0.577. The Labute approximate surface area is 189 Å². The minimum atomic E-state index is -3.60. The van der Waals surface area contributed by atoms with Crippen LogP contribution in [0.4, 0.5) is 0 Å². The summed E-state index contributed by atoms with van der Waals surface area (Å²) in [4.78, 5) is 30.2. The van der Waals surface area contributed by atoms with Gasteiger partial charge in [0.15, 0.2) is 11.6 Å². The summed E-state index contributed by atoms with van der Waals surface area (Å²) < 4.78 is 32.7. The van der Waals surface area contributed by atoms with Crippen LogP contribution < -0.4 is 4.74 Å². The molecule has 0 atom stereocenters. The summed E-state index contributed by atoms with van der Waals surface area (Å²) >= 11 is 0. The Balaban J connectivity index is 1.64. The zero-order valence-electron chi connectivity index (χ0n) is 19.1. The average molecular weight is 462 g/mol. The molecule has 1 aliphatic heterocycles. The van der Waals surface area contributed by atoms with Gasteiger partial charge in [-0.1, -0.05) is 6.92 Å². The fraction of sp³-hybridized carbons (Fsp3) is 0.478. The number of nitrogens with zero attached hydrogens (tertiary/aromatic N) is 2. The molecule has 2 heterocycles. The first-order valence-corrected chi connectivity index (χ1v) is 12.3. The Bertz CT molecular complexity index is 1080. The van der Waals surface area contributed by atoms with E-state index in [1.54, 1.807) is 31.2 Å². The molecule has 3 rings (SSSR count). The number of carbonyl (C=O) groups excluding carboxylic acids is 2. The molecule has 0 unspecified atom stereocenters. The number of sulfonamides is 1. The fourth-order valence-electron chi connectivity index (χ4n) is 4.18. The van der Waals surface area contributed by atoms with E-state index in [0.717, 1.165) is 5.56 Å². The number of nitrogens with one attached hydrogen (secondary N) is 1. The molecular weight excluding hydrogens is 430 g/mol. The second-order valence-electron chi connectivity index (χ2n) is 7.90. The number of aromatic nitrogens is 1. The Hall–Kier alpha value is -2.49. The Morgan fingerprint density at radius 3 is 2.22 bits per heavy atom. The number of ether oxygens (including phenoxy) is 1. The van der Waals surface area contributed by atoms with Crippen molar-refractivity contribution in [2.24, 2.45) is 0 Å². The molecule has 9 heteroatoms. The van der Waals surface area contributed by atoms with E-state index in [2.05, 4.69) is 4.98 Å². The van der Waals surface area contributed by atoms with Crippen LogP contribution >= 0.6 is 0 Å². The van der Waals surface area contributed by atoms with E-state index >= 15 is 0 Å². The largest absolute Gasteiger partial charge is 0.494 e. The van der Waals surface area contributed by atoms with Crippen LogP contribution in [0.25, 0.3) is 0 Å². The first-order valence-electron chi connectivity index (χ1n) is 10.9. The molecule has 1 aromatic heterocycles. The summed E-state index contributed by atoms with van der Waals surface area (Å²) in [6, 6.07) is 6.43. The lowest BCUT2D eigenvalue weighted by molar-refractivity contribution is 0.0896. The van der Waals surface area contributed by atoms with Crippen LogP contribution in [0.2, 0.25) is 0 Å². The Kier molecular flexibility index (Phi) is 7.53. The lowest BCUT2D eigenvalue weighted by Crippen LogP contribution is -2.49. The molecule has 174 valence electrons. The van der Waals surface area contributed by atoms with Crippen molar-refractivity contribution in [3.8, 4) is 5.75 Å². The van der Waals surface area contributed by atoms with Crippen molar-refractivity contribution in [1.82, 2.24) is 14.2 Å². The predicted molar refractivity (Wildman–Crippen MR) is 122 cm³/mol. The number of hydrogen-bond donors (Lipinski definition) is 1. The minimum absolute atomic E-state index is 0.0530. The smallest absolute Gasteiger partial charge is 0.243 e. The highest BCUT2D eigenvalue weighted by atomic mass is 32.2. The summed E-state index contributed by atoms with van der Waals surface area (Å²) in [7, 11) is -3.60. The standard InChI is InChI=1S/C23H31N3O5S/c1-5-20-22(17(4)27)16(3)24-23(20)21(28)15-25-11-13-26(14-12-25)32(29,30)19-9-7-18(8-10-19)31-6-2/h7-10,24H,5-6,11-15H2,1-4H3. The first kappa shape index (κ1) is 24.2. The van der Waals surface area contributed by atoms with Crippen molar-refractivity contribution in [3.63, 3.8) is 0 Å². The number of Topliss-reactive ketones (excluding diaryl/α,β-unsaturated/α-hetero) is 2. The molecular formula is C23H31N3O5S. The molecule has 1 aromatic carbocycles. The van der Waals surface area contributed by atoms with E-state index in [0.29, 0.717) is 61.9 Å². The van der Waals surface area contributed by atoms with E-state index in [1.807, 2.05) is 18.7 Å². The van der Waals surface area contributed by atoms with E-state index in [1.165, 1.54) is 11.2 Å². The summed E-state index contributed by atoms with van der Waals surface area (Å²) in [6.45, 7) is 9.35. The summed E-state index contributed by atoms with van der Waals surface area (Å²) in [5.41, 5.74) is 2.56. The maximum atomic E-state index is 13.0. The van der Waals surface area contributed by atoms with E-state index < -0.39 is 10.0 Å². The van der Waals surface area contributed by atoms with Crippen molar-refractivity contribution in [1.29, 1.82) is 0 Å². The molecule has 1 aliphatic rings. The molecule has 1 N–H and O–H groups in total. The van der Waals surface area contributed by atoms with E-state index in [4.69, 9.17) is 4.74 Å². The minimum Gasteiger partial charge on any atom is -0.494 e. The third kappa shape index (κ3) is 4.95. The fourth-order valence-corrected chi connectivity index (χ4v) is 5.60. The third-order valence-corrected chi connectivity index (χ3v) is 7.66. The number of piperazine rings is 1. The molecule has 0 aliphatic carbocycles. The number of benzene rings is 1. The van der Waals surface area contributed by atoms with Gasteiger partial charge in [-0.25, -0.2) is 8.42 Å². The van der Waals surface area contributed by atoms with Gasteiger partial charge < -0.3 is 9.72 Å². The van der Waals surface area contributed by atoms with Crippen LogP contribution in [0, 0.1) is 6.92 Å². The number of hydrogen-bond acceptors (Lipinski definition) is 6. The van der Waals surface area contributed by atoms with Crippen LogP contribution in [0.5, 0.6) is 5.75 Å². The van der Waals surface area contributed by atoms with Gasteiger partial charge in [0, 0.05) is 37.4 Å². The van der Waals surface area contributed by atoms with Gasteiger partial charge in [0.05, 0.1) is 23.7 Å². The van der Waals surface area contributed by atoms with Crippen molar-refractivity contribution < 1.29 is 22.7 Å². The van der Waals surface area contributed by atoms with Crippen molar-refractivity contribution in [2.75, 3.05) is 39.3 Å². The molecule has 0 spiro atoms. The van der Waals surface area contributed by atoms with Crippen LogP contribution in [-0.2, 0) is 16.4 Å². The zero-order chi connectivity index (χ0) is 23.5. The molecule has 0 radical (unpaired) electrons. The summed E-state index contributed by atoms with van der Waals surface area (Å²) in [5.74, 6) is 0.497. The average Bonchev–Trinajstić information content (AvgIpc) is 3.11. The van der Waals surface area contributed by atoms with E-state index in [9.17, 15) is 18.0 Å². The Morgan fingerprint density at radius 1 is 1.06 bits per heavy atom. The number of H-pyrrole nitrogens is 1. The Morgan fingerprint density at radius 2 is 1.69 bits per heavy atom. The van der Waals surface area contributed by atoms with Gasteiger partial charge in [-0.2, -0.15) is 4.31 Å². The SMILES string of the molecule is CCOc1ccc(S(=O)(=O)N2CCN(CC(=O)c3[nH]c(C)c(C(C)=O)c3CC)CC2)cc1. The topological polar surface area (TPSA) is 99.8 Å². The van der Waals surface area contributed by atoms with Crippen molar-refractivity contribution in [3.05, 3.63) is 46.8 Å². The number of aromatic amines is 1. The van der Waals surface area contributed by atoms with Gasteiger partial charge in [0.1, 0.15) is 5.75 Å². The summed E-state index contributed by atoms with van der Waals surface area (Å²) in [6.07, 6.45) is 0.592. The van der Waals surface area contributed by atoms with Gasteiger partial charge in [0.2, 0.25) is 10.0 Å². The lowest BCUT2D eigenvalue weighted by Gasteiger charge is -2.33. The number of rotatable bonds is 9. The second-order valence-corrected chi connectivity index (χ2v) is 9.83. The van der Waals surface area contributed by atoms with Crippen LogP contribution in [0.1, 0.15) is 52.9 Å². The number of ketones is 2. The highest BCUT2D eigenvalue weighted by molar-refractivity contribution is 7.89. The van der Waals surface area contributed by atoms with Crippen LogP contribution in [0.3, 0.4) is 0 Å². The molecule has 32 heavy (non-hydrogen) atoms. The molecule has 0 saturated carbocycles. The third-order valence-electron chi connectivity index (χ3n) is 5.75. The van der Waals surface area contributed by atoms with Gasteiger partial charge in [-0.3, -0.25) is 14.5 Å². The first-order chi connectivity index (χ1) is 15.2. The molecule has 1 saturated heterocycles. The predicted octanol–water partition coefficient (Wildman–Crippen LogP) is 2.68. The molecule has 2 aromatic rings. The van der Waals surface area contributed by atoms with Crippen molar-refractivity contribution in [2.45, 2.75) is 39.0 Å². The molecule has 1 fully saturated rings. The van der Waals surface area contributed by atoms with Gasteiger partial charge >= 0.3 is 0 Å². The zero-order valence-corrected chi connectivity index (χ0v) is 19.9. The maximum Gasteiger partial charge on any atom is 0.243 e. The lowest BCUT2D eigenvalue weighted by atomic mass is 10.0. The molecule has 0 bridgehead atoms. The second kappa shape index (κ2) is 9.97. The highest BCUT2D eigenvalue weighted by Gasteiger charge is 2.30. The van der Waals surface area contributed by atoms with Crippen LogP contribution in [0.15, 0.2) is 29.2 Å². The van der Waals surface area contributed by atoms with Crippen LogP contribution in [-0.4, -0.2) is 73.5 Å². The number of carbonyl (C=O) groups is 2. The van der Waals surface area contributed by atoms with Crippen molar-refractivity contribution >= 4 is 21.6 Å². The highest BCUT2D eigenvalue weighted by Crippen LogP contribution is 2.23. The normalized spacial score (nSPS) is 15.6.